The third kappa shape index (κ3) is 3.00. The zero-order chi connectivity index (χ0) is 18.1. The zero-order valence-electron chi connectivity index (χ0n) is 13.3. The van der Waals surface area contributed by atoms with Gasteiger partial charge in [0.1, 0.15) is 5.82 Å². The largest absolute Gasteiger partial charge is 0.493 e. The summed E-state index contributed by atoms with van der Waals surface area (Å²) in [5, 5.41) is 18.3. The number of azo groups is 1. The summed E-state index contributed by atoms with van der Waals surface area (Å²) in [6, 6.07) is 16.7. The van der Waals surface area contributed by atoms with E-state index in [1.807, 2.05) is 12.1 Å². The quantitative estimate of drug-likeness (QED) is 0.459. The normalized spacial score (nSPS) is 11.4. The van der Waals surface area contributed by atoms with E-state index in [1.165, 1.54) is 23.5 Å². The minimum absolute atomic E-state index is 0.138. The van der Waals surface area contributed by atoms with Gasteiger partial charge in [-0.2, -0.15) is 0 Å². The van der Waals surface area contributed by atoms with Crippen LogP contribution in [0, 0.1) is 5.82 Å². The Hall–Kier alpha value is -3.32. The molecule has 0 bridgehead atoms. The lowest BCUT2D eigenvalue weighted by atomic mass is 10.2. The number of aromatic hydroxyl groups is 1. The molecular formula is C19H12FN3O2S. The molecule has 26 heavy (non-hydrogen) atoms. The lowest BCUT2D eigenvalue weighted by Crippen LogP contribution is -1.87. The first kappa shape index (κ1) is 16.2. The summed E-state index contributed by atoms with van der Waals surface area (Å²) in [5.41, 5.74) is 1.76. The first-order valence-electron chi connectivity index (χ1n) is 7.73. The second-order valence-corrected chi connectivity index (χ2v) is 6.63. The standard InChI is InChI=1S/C19H12FN3O2S/c20-12-7-5-11(6-8-12)15-9-10-16(26-15)18(24)23-22-17-13-3-1-2-4-14(13)21-19(17)25/h1-10,21,25H. The van der Waals surface area contributed by atoms with Crippen LogP contribution in [-0.4, -0.2) is 16.0 Å². The number of para-hydroxylation sites is 1. The number of aromatic amines is 1. The molecule has 0 spiro atoms. The van der Waals surface area contributed by atoms with Crippen molar-refractivity contribution in [3.63, 3.8) is 0 Å². The number of rotatable bonds is 3. The van der Waals surface area contributed by atoms with Crippen LogP contribution in [0.3, 0.4) is 0 Å². The maximum Gasteiger partial charge on any atom is 0.305 e. The van der Waals surface area contributed by atoms with Gasteiger partial charge in [-0.1, -0.05) is 30.3 Å². The van der Waals surface area contributed by atoms with Gasteiger partial charge in [-0.25, -0.2) is 4.39 Å². The van der Waals surface area contributed by atoms with Gasteiger partial charge in [0, 0.05) is 10.3 Å². The van der Waals surface area contributed by atoms with Crippen LogP contribution in [0.15, 0.2) is 70.9 Å². The van der Waals surface area contributed by atoms with Crippen molar-refractivity contribution in [2.24, 2.45) is 10.2 Å². The summed E-state index contributed by atoms with van der Waals surface area (Å²) in [5.74, 6) is -0.956. The Bertz CT molecular complexity index is 1130. The van der Waals surface area contributed by atoms with Crippen LogP contribution in [0.5, 0.6) is 5.88 Å². The second-order valence-electron chi connectivity index (χ2n) is 5.54. The molecule has 2 N–H and O–H groups in total. The Morgan fingerprint density at radius 1 is 1.04 bits per heavy atom. The molecule has 7 heteroatoms. The molecule has 0 aliphatic heterocycles. The van der Waals surface area contributed by atoms with E-state index in [4.69, 9.17) is 0 Å². The van der Waals surface area contributed by atoms with Crippen LogP contribution in [0.4, 0.5) is 10.1 Å². The number of aromatic nitrogens is 1. The fraction of sp³-hybridized carbons (Fsp3) is 0. The molecule has 0 atom stereocenters. The Labute approximate surface area is 151 Å². The molecule has 4 aromatic rings. The van der Waals surface area contributed by atoms with Crippen LogP contribution in [-0.2, 0) is 0 Å². The van der Waals surface area contributed by atoms with Gasteiger partial charge in [-0.15, -0.1) is 21.6 Å². The van der Waals surface area contributed by atoms with E-state index in [-0.39, 0.29) is 17.4 Å². The van der Waals surface area contributed by atoms with E-state index >= 15 is 0 Å². The van der Waals surface area contributed by atoms with Gasteiger partial charge in [-0.3, -0.25) is 4.79 Å². The summed E-state index contributed by atoms with van der Waals surface area (Å²) in [4.78, 5) is 16.3. The van der Waals surface area contributed by atoms with Gasteiger partial charge in [0.2, 0.25) is 5.88 Å². The van der Waals surface area contributed by atoms with E-state index in [1.54, 1.807) is 36.4 Å². The smallest absolute Gasteiger partial charge is 0.305 e. The van der Waals surface area contributed by atoms with Gasteiger partial charge < -0.3 is 10.1 Å². The summed E-state index contributed by atoms with van der Waals surface area (Å²) in [7, 11) is 0. The van der Waals surface area contributed by atoms with Crippen molar-refractivity contribution in [2.45, 2.75) is 0 Å². The van der Waals surface area contributed by atoms with Gasteiger partial charge in [-0.05, 0) is 35.9 Å². The number of benzene rings is 2. The number of thiophene rings is 1. The summed E-state index contributed by atoms with van der Waals surface area (Å²) in [6.45, 7) is 0. The highest BCUT2D eigenvalue weighted by Crippen LogP contribution is 2.35. The molecule has 0 fully saturated rings. The predicted octanol–water partition coefficient (Wildman–Crippen LogP) is 5.67. The van der Waals surface area contributed by atoms with Gasteiger partial charge in [0.25, 0.3) is 0 Å². The van der Waals surface area contributed by atoms with E-state index in [2.05, 4.69) is 15.2 Å². The Balaban J connectivity index is 1.59. The summed E-state index contributed by atoms with van der Waals surface area (Å²) in [6.07, 6.45) is 0. The Kier molecular flexibility index (Phi) is 4.06. The molecule has 0 aliphatic carbocycles. The number of hydrogen-bond acceptors (Lipinski definition) is 4. The molecular weight excluding hydrogens is 353 g/mol. The van der Waals surface area contributed by atoms with Gasteiger partial charge >= 0.3 is 5.91 Å². The number of hydrogen-bond donors (Lipinski definition) is 2. The van der Waals surface area contributed by atoms with Crippen molar-refractivity contribution in [2.75, 3.05) is 0 Å². The van der Waals surface area contributed by atoms with Crippen LogP contribution >= 0.6 is 11.3 Å². The zero-order valence-corrected chi connectivity index (χ0v) is 14.1. The van der Waals surface area contributed by atoms with Gasteiger partial charge in [0.15, 0.2) is 5.69 Å². The van der Waals surface area contributed by atoms with Crippen molar-refractivity contribution < 1.29 is 14.3 Å². The van der Waals surface area contributed by atoms with Crippen LogP contribution in [0.2, 0.25) is 0 Å². The number of fused-ring (bicyclic) bond motifs is 1. The molecule has 2 aromatic heterocycles. The molecule has 0 saturated carbocycles. The van der Waals surface area contributed by atoms with E-state index in [0.717, 1.165) is 10.4 Å². The highest BCUT2D eigenvalue weighted by atomic mass is 32.1. The van der Waals surface area contributed by atoms with Crippen molar-refractivity contribution in [1.82, 2.24) is 4.98 Å². The first-order valence-corrected chi connectivity index (χ1v) is 8.55. The van der Waals surface area contributed by atoms with Crippen molar-refractivity contribution in [3.8, 4) is 16.3 Å². The third-order valence-corrected chi connectivity index (χ3v) is 4.97. The SMILES string of the molecule is O=C(N=Nc1c(O)[nH]c2ccccc12)c1ccc(-c2ccc(F)cc2)s1. The fourth-order valence-corrected chi connectivity index (χ4v) is 3.47. The van der Waals surface area contributed by atoms with Crippen molar-refractivity contribution in [3.05, 3.63) is 71.4 Å². The predicted molar refractivity (Wildman–Crippen MR) is 98.5 cm³/mol. The summed E-state index contributed by atoms with van der Waals surface area (Å²) >= 11 is 1.25. The molecule has 2 aromatic carbocycles. The highest BCUT2D eigenvalue weighted by molar-refractivity contribution is 7.17. The van der Waals surface area contributed by atoms with Crippen LogP contribution in [0.1, 0.15) is 9.67 Å². The summed E-state index contributed by atoms with van der Waals surface area (Å²) < 4.78 is 13.0. The maximum atomic E-state index is 13.0. The average molecular weight is 365 g/mol. The minimum atomic E-state index is -0.506. The number of amides is 1. The fourth-order valence-electron chi connectivity index (χ4n) is 2.58. The topological polar surface area (TPSA) is 77.8 Å². The third-order valence-electron chi connectivity index (χ3n) is 3.85. The number of H-pyrrole nitrogens is 1. The van der Waals surface area contributed by atoms with Crippen molar-refractivity contribution in [1.29, 1.82) is 0 Å². The Morgan fingerprint density at radius 2 is 1.81 bits per heavy atom. The monoisotopic (exact) mass is 365 g/mol. The molecule has 128 valence electrons. The number of nitrogens with one attached hydrogen (secondary N) is 1. The molecule has 2 heterocycles. The molecule has 5 nitrogen and oxygen atoms in total. The second kappa shape index (κ2) is 6.53. The van der Waals surface area contributed by atoms with Crippen LogP contribution in [0.25, 0.3) is 21.3 Å². The lowest BCUT2D eigenvalue weighted by Gasteiger charge is -1.95. The van der Waals surface area contributed by atoms with E-state index in [9.17, 15) is 14.3 Å². The number of nitrogens with zero attached hydrogens (tertiary/aromatic N) is 2. The van der Waals surface area contributed by atoms with E-state index in [0.29, 0.717) is 15.8 Å². The maximum absolute atomic E-state index is 13.0. The molecule has 0 saturated heterocycles. The lowest BCUT2D eigenvalue weighted by molar-refractivity contribution is 0.0999. The highest BCUT2D eigenvalue weighted by Gasteiger charge is 2.13. The minimum Gasteiger partial charge on any atom is -0.493 e. The molecule has 1 amide bonds. The molecule has 0 unspecified atom stereocenters. The number of carbonyl (C=O) groups excluding carboxylic acids is 1. The molecule has 0 radical (unpaired) electrons. The number of carbonyl (C=O) groups is 1. The van der Waals surface area contributed by atoms with E-state index < -0.39 is 5.91 Å². The van der Waals surface area contributed by atoms with Crippen LogP contribution < -0.4 is 0 Å². The first-order chi connectivity index (χ1) is 12.6. The molecule has 4 rings (SSSR count). The molecule has 0 aliphatic rings. The van der Waals surface area contributed by atoms with Gasteiger partial charge in [0.05, 0.1) is 10.4 Å². The number of halogens is 1. The Morgan fingerprint density at radius 3 is 2.62 bits per heavy atom. The van der Waals surface area contributed by atoms with Crippen molar-refractivity contribution >= 4 is 33.8 Å². The average Bonchev–Trinajstić information content (AvgIpc) is 3.25.